The SMILES string of the molecule is Cc1ccncc1NCc1ncc(Cl)s1. The summed E-state index contributed by atoms with van der Waals surface area (Å²) in [7, 11) is 0. The first-order valence-electron chi connectivity index (χ1n) is 4.50. The van der Waals surface area contributed by atoms with E-state index in [0.29, 0.717) is 6.54 Å². The van der Waals surface area contributed by atoms with Gasteiger partial charge in [-0.2, -0.15) is 0 Å². The van der Waals surface area contributed by atoms with E-state index in [-0.39, 0.29) is 0 Å². The molecule has 0 fully saturated rings. The number of nitrogens with zero attached hydrogens (tertiary/aromatic N) is 2. The van der Waals surface area contributed by atoms with E-state index in [1.54, 1.807) is 12.4 Å². The van der Waals surface area contributed by atoms with Gasteiger partial charge in [0.2, 0.25) is 0 Å². The van der Waals surface area contributed by atoms with Gasteiger partial charge in [0, 0.05) is 6.20 Å². The fourth-order valence-electron chi connectivity index (χ4n) is 1.19. The van der Waals surface area contributed by atoms with Crippen LogP contribution in [0.3, 0.4) is 0 Å². The Kier molecular flexibility index (Phi) is 3.18. The predicted molar refractivity (Wildman–Crippen MR) is 63.4 cm³/mol. The molecule has 15 heavy (non-hydrogen) atoms. The van der Waals surface area contributed by atoms with Crippen LogP contribution in [0.2, 0.25) is 4.34 Å². The summed E-state index contributed by atoms with van der Waals surface area (Å²) in [6, 6.07) is 1.97. The molecule has 0 saturated carbocycles. The molecule has 0 unspecified atom stereocenters. The van der Waals surface area contributed by atoms with Crippen LogP contribution in [0.15, 0.2) is 24.7 Å². The highest BCUT2D eigenvalue weighted by atomic mass is 35.5. The Labute approximate surface area is 97.2 Å². The molecular formula is C10H10ClN3S. The third-order valence-corrected chi connectivity index (χ3v) is 3.11. The molecule has 2 aromatic heterocycles. The Morgan fingerprint density at radius 2 is 2.33 bits per heavy atom. The standard InChI is InChI=1S/C10H10ClN3S/c1-7-2-3-12-4-8(7)13-6-10-14-5-9(11)15-10/h2-5,13H,6H2,1H3. The van der Waals surface area contributed by atoms with E-state index in [9.17, 15) is 0 Å². The summed E-state index contributed by atoms with van der Waals surface area (Å²) >= 11 is 7.27. The first kappa shape index (κ1) is 10.4. The molecule has 3 nitrogen and oxygen atoms in total. The number of thiazole rings is 1. The van der Waals surface area contributed by atoms with Crippen molar-refractivity contribution in [1.82, 2.24) is 9.97 Å². The first-order valence-corrected chi connectivity index (χ1v) is 5.70. The van der Waals surface area contributed by atoms with Gasteiger partial charge in [-0.05, 0) is 18.6 Å². The van der Waals surface area contributed by atoms with Crippen LogP contribution in [-0.4, -0.2) is 9.97 Å². The summed E-state index contributed by atoms with van der Waals surface area (Å²) in [6.07, 6.45) is 5.25. The van der Waals surface area contributed by atoms with E-state index >= 15 is 0 Å². The van der Waals surface area contributed by atoms with Gasteiger partial charge >= 0.3 is 0 Å². The van der Waals surface area contributed by atoms with Crippen LogP contribution in [0.1, 0.15) is 10.6 Å². The second-order valence-corrected chi connectivity index (χ2v) is 4.85. The monoisotopic (exact) mass is 239 g/mol. The molecule has 0 atom stereocenters. The molecular weight excluding hydrogens is 230 g/mol. The summed E-state index contributed by atoms with van der Waals surface area (Å²) in [5, 5.41) is 4.24. The minimum Gasteiger partial charge on any atom is -0.377 e. The molecule has 0 aliphatic heterocycles. The summed E-state index contributed by atoms with van der Waals surface area (Å²) in [5.41, 5.74) is 2.21. The molecule has 0 amide bonds. The molecule has 1 N–H and O–H groups in total. The van der Waals surface area contributed by atoms with Crippen LogP contribution in [-0.2, 0) is 6.54 Å². The summed E-state index contributed by atoms with van der Waals surface area (Å²) in [6.45, 7) is 2.72. The van der Waals surface area contributed by atoms with Crippen LogP contribution in [0.25, 0.3) is 0 Å². The molecule has 0 bridgehead atoms. The number of hydrogen-bond donors (Lipinski definition) is 1. The lowest BCUT2D eigenvalue weighted by atomic mass is 10.2. The Morgan fingerprint density at radius 3 is 3.00 bits per heavy atom. The molecule has 0 aliphatic rings. The van der Waals surface area contributed by atoms with E-state index in [4.69, 9.17) is 11.6 Å². The highest BCUT2D eigenvalue weighted by molar-refractivity contribution is 7.15. The summed E-state index contributed by atoms with van der Waals surface area (Å²) in [5.74, 6) is 0. The summed E-state index contributed by atoms with van der Waals surface area (Å²) in [4.78, 5) is 8.22. The van der Waals surface area contributed by atoms with Crippen LogP contribution in [0.5, 0.6) is 0 Å². The average molecular weight is 240 g/mol. The van der Waals surface area contributed by atoms with Crippen molar-refractivity contribution in [3.8, 4) is 0 Å². The number of pyridine rings is 1. The highest BCUT2D eigenvalue weighted by Crippen LogP contribution is 2.20. The maximum Gasteiger partial charge on any atom is 0.113 e. The minimum atomic E-state index is 0.684. The zero-order valence-electron chi connectivity index (χ0n) is 8.20. The van der Waals surface area contributed by atoms with Crippen molar-refractivity contribution in [2.45, 2.75) is 13.5 Å². The predicted octanol–water partition coefficient (Wildman–Crippen LogP) is 3.11. The van der Waals surface area contributed by atoms with Gasteiger partial charge in [0.15, 0.2) is 0 Å². The Bertz CT molecular complexity index is 455. The van der Waals surface area contributed by atoms with Gasteiger partial charge in [0.25, 0.3) is 0 Å². The van der Waals surface area contributed by atoms with Crippen molar-refractivity contribution < 1.29 is 0 Å². The van der Waals surface area contributed by atoms with Crippen molar-refractivity contribution in [1.29, 1.82) is 0 Å². The maximum absolute atomic E-state index is 5.79. The topological polar surface area (TPSA) is 37.8 Å². The van der Waals surface area contributed by atoms with Crippen molar-refractivity contribution in [2.75, 3.05) is 5.32 Å². The number of nitrogens with one attached hydrogen (secondary N) is 1. The van der Waals surface area contributed by atoms with E-state index in [1.807, 2.05) is 19.2 Å². The fourth-order valence-corrected chi connectivity index (χ4v) is 2.09. The van der Waals surface area contributed by atoms with Crippen LogP contribution in [0.4, 0.5) is 5.69 Å². The Hall–Kier alpha value is -1.13. The number of halogens is 1. The molecule has 0 aromatic carbocycles. The number of aromatic nitrogens is 2. The maximum atomic E-state index is 5.79. The Balaban J connectivity index is 2.02. The van der Waals surface area contributed by atoms with Gasteiger partial charge in [0.05, 0.1) is 24.6 Å². The van der Waals surface area contributed by atoms with E-state index in [1.165, 1.54) is 16.9 Å². The van der Waals surface area contributed by atoms with Gasteiger partial charge in [-0.1, -0.05) is 11.6 Å². The van der Waals surface area contributed by atoms with E-state index in [0.717, 1.165) is 15.0 Å². The molecule has 2 heterocycles. The molecule has 2 aromatic rings. The molecule has 5 heteroatoms. The normalized spacial score (nSPS) is 10.3. The van der Waals surface area contributed by atoms with Crippen LogP contribution < -0.4 is 5.32 Å². The quantitative estimate of drug-likeness (QED) is 0.895. The number of aryl methyl sites for hydroxylation is 1. The second-order valence-electron chi connectivity index (χ2n) is 3.10. The number of rotatable bonds is 3. The Morgan fingerprint density at radius 1 is 1.47 bits per heavy atom. The molecule has 0 aliphatic carbocycles. The van der Waals surface area contributed by atoms with Crippen molar-refractivity contribution in [2.24, 2.45) is 0 Å². The van der Waals surface area contributed by atoms with Gasteiger partial charge in [-0.25, -0.2) is 4.98 Å². The molecule has 0 radical (unpaired) electrons. The summed E-state index contributed by atoms with van der Waals surface area (Å²) < 4.78 is 0.717. The van der Waals surface area contributed by atoms with E-state index < -0.39 is 0 Å². The zero-order chi connectivity index (χ0) is 10.7. The third-order valence-electron chi connectivity index (χ3n) is 1.99. The van der Waals surface area contributed by atoms with Gasteiger partial charge in [-0.15, -0.1) is 11.3 Å². The largest absolute Gasteiger partial charge is 0.377 e. The second kappa shape index (κ2) is 4.59. The lowest BCUT2D eigenvalue weighted by molar-refractivity contribution is 1.09. The molecule has 0 saturated heterocycles. The van der Waals surface area contributed by atoms with Crippen molar-refractivity contribution in [3.05, 3.63) is 39.6 Å². The highest BCUT2D eigenvalue weighted by Gasteiger charge is 2.01. The number of anilines is 1. The van der Waals surface area contributed by atoms with Crippen LogP contribution >= 0.6 is 22.9 Å². The van der Waals surface area contributed by atoms with Gasteiger partial charge in [-0.3, -0.25) is 4.98 Å². The lowest BCUT2D eigenvalue weighted by Crippen LogP contribution is -2.00. The van der Waals surface area contributed by atoms with Crippen LogP contribution in [0, 0.1) is 6.92 Å². The zero-order valence-corrected chi connectivity index (χ0v) is 9.77. The van der Waals surface area contributed by atoms with Crippen molar-refractivity contribution >= 4 is 28.6 Å². The lowest BCUT2D eigenvalue weighted by Gasteiger charge is -2.06. The molecule has 2 rings (SSSR count). The van der Waals surface area contributed by atoms with E-state index in [2.05, 4.69) is 15.3 Å². The molecule has 0 spiro atoms. The third kappa shape index (κ3) is 2.67. The average Bonchev–Trinajstić information content (AvgIpc) is 2.63. The first-order chi connectivity index (χ1) is 7.25. The van der Waals surface area contributed by atoms with Crippen molar-refractivity contribution in [3.63, 3.8) is 0 Å². The molecule has 78 valence electrons. The smallest absolute Gasteiger partial charge is 0.113 e. The minimum absolute atomic E-state index is 0.684. The number of hydrogen-bond acceptors (Lipinski definition) is 4. The fraction of sp³-hybridized carbons (Fsp3) is 0.200. The van der Waals surface area contributed by atoms with Gasteiger partial charge in [0.1, 0.15) is 9.34 Å². The van der Waals surface area contributed by atoms with Gasteiger partial charge < -0.3 is 5.32 Å².